The molecule has 0 unspecified atom stereocenters. The molecule has 1 fully saturated rings. The number of nitrogens with zero attached hydrogens (tertiary/aromatic N) is 2. The van der Waals surface area contributed by atoms with Gasteiger partial charge in [0.1, 0.15) is 11.4 Å². The van der Waals surface area contributed by atoms with E-state index in [9.17, 15) is 14.4 Å². The quantitative estimate of drug-likeness (QED) is 0.706. The van der Waals surface area contributed by atoms with Crippen LogP contribution in [0, 0.1) is 0 Å². The second-order valence-corrected chi connectivity index (χ2v) is 8.65. The molecule has 10 heteroatoms. The van der Waals surface area contributed by atoms with E-state index in [0.717, 1.165) is 0 Å². The first-order valence-corrected chi connectivity index (χ1v) is 10.4. The van der Waals surface area contributed by atoms with E-state index < -0.39 is 11.7 Å². The van der Waals surface area contributed by atoms with Gasteiger partial charge in [0, 0.05) is 44.2 Å². The number of carbonyl (C=O) groups is 3. The van der Waals surface area contributed by atoms with Crippen LogP contribution in [0.1, 0.15) is 27.2 Å². The number of hydrogen-bond acceptors (Lipinski definition) is 5. The second-order valence-electron chi connectivity index (χ2n) is 7.80. The fourth-order valence-corrected chi connectivity index (χ4v) is 3.24. The molecule has 8 nitrogen and oxygen atoms in total. The molecule has 1 aromatic rings. The van der Waals surface area contributed by atoms with Gasteiger partial charge in [-0.25, -0.2) is 4.79 Å². The molecule has 3 amide bonds. The highest BCUT2D eigenvalue weighted by atomic mass is 35.5. The predicted octanol–water partition coefficient (Wildman–Crippen LogP) is 2.96. The number of benzene rings is 1. The van der Waals surface area contributed by atoms with Gasteiger partial charge in [0.25, 0.3) is 5.91 Å². The Bertz CT molecular complexity index is 774. The second kappa shape index (κ2) is 10.7. The Morgan fingerprint density at radius 1 is 1.03 bits per heavy atom. The zero-order valence-electron chi connectivity index (χ0n) is 17.4. The van der Waals surface area contributed by atoms with E-state index >= 15 is 0 Å². The molecule has 30 heavy (non-hydrogen) atoms. The summed E-state index contributed by atoms with van der Waals surface area (Å²) in [7, 11) is 0. The third kappa shape index (κ3) is 7.91. The molecule has 1 aromatic carbocycles. The molecule has 1 heterocycles. The van der Waals surface area contributed by atoms with E-state index in [0.29, 0.717) is 42.0 Å². The van der Waals surface area contributed by atoms with Crippen LogP contribution >= 0.6 is 23.2 Å². The van der Waals surface area contributed by atoms with Crippen molar-refractivity contribution in [2.45, 2.75) is 32.8 Å². The van der Waals surface area contributed by atoms with Crippen molar-refractivity contribution >= 4 is 41.1 Å². The molecule has 0 aromatic heterocycles. The minimum atomic E-state index is -0.584. The highest BCUT2D eigenvalue weighted by Gasteiger charge is 2.24. The van der Waals surface area contributed by atoms with Gasteiger partial charge in [-0.1, -0.05) is 23.2 Å². The monoisotopic (exact) mass is 459 g/mol. The molecule has 0 saturated carbocycles. The number of ether oxygens (including phenoxy) is 2. The third-order valence-electron chi connectivity index (χ3n) is 4.24. The molecule has 0 aliphatic carbocycles. The molecule has 1 saturated heterocycles. The Hall–Kier alpha value is -2.19. The Morgan fingerprint density at radius 2 is 1.63 bits per heavy atom. The lowest BCUT2D eigenvalue weighted by molar-refractivity contribution is -0.140. The summed E-state index contributed by atoms with van der Waals surface area (Å²) in [6.07, 6.45) is -0.378. The van der Waals surface area contributed by atoms with E-state index in [1.807, 2.05) is 0 Å². The molecule has 2 rings (SSSR count). The molecular weight excluding hydrogens is 433 g/mol. The van der Waals surface area contributed by atoms with E-state index in [4.69, 9.17) is 32.7 Å². The van der Waals surface area contributed by atoms with Gasteiger partial charge in [0.05, 0.1) is 5.02 Å². The summed E-state index contributed by atoms with van der Waals surface area (Å²) in [5.74, 6) is 0.128. The molecule has 0 bridgehead atoms. The van der Waals surface area contributed by atoms with Crippen molar-refractivity contribution in [1.82, 2.24) is 15.1 Å². The van der Waals surface area contributed by atoms with Gasteiger partial charge in [-0.15, -0.1) is 0 Å². The van der Waals surface area contributed by atoms with Crippen molar-refractivity contribution in [2.75, 3.05) is 39.3 Å². The van der Waals surface area contributed by atoms with Crippen molar-refractivity contribution in [1.29, 1.82) is 0 Å². The number of carbonyl (C=O) groups excluding carboxylic acids is 3. The third-order valence-corrected chi connectivity index (χ3v) is 4.77. The predicted molar refractivity (Wildman–Crippen MR) is 114 cm³/mol. The maximum atomic E-state index is 12.4. The minimum Gasteiger partial charge on any atom is -0.482 e. The van der Waals surface area contributed by atoms with Crippen LogP contribution in [0.5, 0.6) is 5.75 Å². The summed E-state index contributed by atoms with van der Waals surface area (Å²) in [5, 5.41) is 3.39. The Kier molecular flexibility index (Phi) is 8.61. The highest BCUT2D eigenvalue weighted by Crippen LogP contribution is 2.27. The number of amides is 3. The molecule has 0 atom stereocenters. The summed E-state index contributed by atoms with van der Waals surface area (Å²) in [4.78, 5) is 39.6. The van der Waals surface area contributed by atoms with Crippen LogP contribution < -0.4 is 10.1 Å². The average molecular weight is 460 g/mol. The smallest absolute Gasteiger partial charge is 0.407 e. The topological polar surface area (TPSA) is 88.2 Å². The van der Waals surface area contributed by atoms with Gasteiger partial charge in [0.15, 0.2) is 6.61 Å². The zero-order chi connectivity index (χ0) is 22.3. The van der Waals surface area contributed by atoms with Crippen LogP contribution in [0.4, 0.5) is 4.79 Å². The maximum absolute atomic E-state index is 12.4. The molecule has 1 aliphatic heterocycles. The van der Waals surface area contributed by atoms with E-state index in [1.165, 1.54) is 0 Å². The van der Waals surface area contributed by atoms with Crippen LogP contribution in [-0.2, 0) is 14.3 Å². The van der Waals surface area contributed by atoms with Crippen LogP contribution in [0.3, 0.4) is 0 Å². The van der Waals surface area contributed by atoms with Crippen molar-refractivity contribution in [3.05, 3.63) is 28.2 Å². The normalized spacial score (nSPS) is 14.3. The molecule has 1 N–H and O–H groups in total. The maximum Gasteiger partial charge on any atom is 0.407 e. The lowest BCUT2D eigenvalue weighted by Gasteiger charge is -2.34. The molecule has 166 valence electrons. The standard InChI is InChI=1S/C20H27Cl2N3O5/c1-20(2,3)30-19(28)23-7-6-17(26)24-8-10-25(11-9-24)18(27)13-29-16-5-4-14(21)12-15(16)22/h4-5,12H,6-11,13H2,1-3H3,(H,23,28). The van der Waals surface area contributed by atoms with E-state index in [-0.39, 0.29) is 31.4 Å². The van der Waals surface area contributed by atoms with Crippen molar-refractivity contribution < 1.29 is 23.9 Å². The fourth-order valence-electron chi connectivity index (χ4n) is 2.77. The van der Waals surface area contributed by atoms with Crippen molar-refractivity contribution in [2.24, 2.45) is 0 Å². The zero-order valence-corrected chi connectivity index (χ0v) is 18.9. The summed E-state index contributed by atoms with van der Waals surface area (Å²) >= 11 is 11.9. The molecule has 0 radical (unpaired) electrons. The first kappa shape index (κ1) is 24.1. The number of hydrogen-bond donors (Lipinski definition) is 1. The Balaban J connectivity index is 1.69. The first-order valence-electron chi connectivity index (χ1n) is 9.65. The lowest BCUT2D eigenvalue weighted by Crippen LogP contribution is -2.52. The van der Waals surface area contributed by atoms with Crippen molar-refractivity contribution in [3.63, 3.8) is 0 Å². The van der Waals surface area contributed by atoms with Gasteiger partial charge in [-0.3, -0.25) is 9.59 Å². The Morgan fingerprint density at radius 3 is 2.20 bits per heavy atom. The van der Waals surface area contributed by atoms with E-state index in [1.54, 1.807) is 48.8 Å². The van der Waals surface area contributed by atoms with Crippen LogP contribution in [0.15, 0.2) is 18.2 Å². The van der Waals surface area contributed by atoms with E-state index in [2.05, 4.69) is 5.32 Å². The molecule has 1 aliphatic rings. The van der Waals surface area contributed by atoms with Gasteiger partial charge >= 0.3 is 6.09 Å². The lowest BCUT2D eigenvalue weighted by atomic mass is 10.2. The number of nitrogens with one attached hydrogen (secondary N) is 1. The van der Waals surface area contributed by atoms with Gasteiger partial charge < -0.3 is 24.6 Å². The number of piperazine rings is 1. The summed E-state index contributed by atoms with van der Waals surface area (Å²) in [6.45, 7) is 7.06. The van der Waals surface area contributed by atoms with Crippen LogP contribution in [-0.4, -0.2) is 72.6 Å². The molecular formula is C20H27Cl2N3O5. The SMILES string of the molecule is CC(C)(C)OC(=O)NCCC(=O)N1CCN(C(=O)COc2ccc(Cl)cc2Cl)CC1. The number of alkyl carbamates (subject to hydrolysis) is 1. The summed E-state index contributed by atoms with van der Waals surface area (Å²) < 4.78 is 10.6. The fraction of sp³-hybridized carbons (Fsp3) is 0.550. The van der Waals surface area contributed by atoms with Crippen LogP contribution in [0.2, 0.25) is 10.0 Å². The Labute approximate surface area is 186 Å². The van der Waals surface area contributed by atoms with Crippen molar-refractivity contribution in [3.8, 4) is 5.75 Å². The summed E-state index contributed by atoms with van der Waals surface area (Å²) in [6, 6.07) is 4.79. The largest absolute Gasteiger partial charge is 0.482 e. The minimum absolute atomic E-state index is 0.0812. The average Bonchev–Trinajstić information content (AvgIpc) is 2.65. The first-order chi connectivity index (χ1) is 14.0. The van der Waals surface area contributed by atoms with Crippen LogP contribution in [0.25, 0.3) is 0 Å². The number of rotatable bonds is 6. The van der Waals surface area contributed by atoms with Gasteiger partial charge in [-0.2, -0.15) is 0 Å². The molecule has 0 spiro atoms. The van der Waals surface area contributed by atoms with Gasteiger partial charge in [-0.05, 0) is 39.0 Å². The highest BCUT2D eigenvalue weighted by molar-refractivity contribution is 6.35. The summed E-state index contributed by atoms with van der Waals surface area (Å²) in [5.41, 5.74) is -0.584. The van der Waals surface area contributed by atoms with Gasteiger partial charge in [0.2, 0.25) is 5.91 Å². The number of halogens is 2.